The molecule has 0 aliphatic carbocycles. The van der Waals surface area contributed by atoms with Crippen molar-refractivity contribution in [2.75, 3.05) is 31.1 Å². The third-order valence-corrected chi connectivity index (χ3v) is 4.44. The minimum absolute atomic E-state index is 0.0824. The van der Waals surface area contributed by atoms with E-state index in [-0.39, 0.29) is 18.1 Å². The molecule has 0 saturated carbocycles. The van der Waals surface area contributed by atoms with E-state index in [1.807, 2.05) is 32.2 Å². The number of nitrogens with zero attached hydrogens (tertiary/aromatic N) is 2. The van der Waals surface area contributed by atoms with E-state index in [0.29, 0.717) is 13.1 Å². The minimum atomic E-state index is -0.166. The highest BCUT2D eigenvalue weighted by Crippen LogP contribution is 2.20. The molecule has 1 aliphatic heterocycles. The number of urea groups is 1. The van der Waals surface area contributed by atoms with Gasteiger partial charge in [-0.1, -0.05) is 19.9 Å². The normalized spacial score (nSPS) is 14.7. The van der Waals surface area contributed by atoms with Crippen LogP contribution in [-0.2, 0) is 6.54 Å². The molecule has 3 N–H and O–H groups in total. The Bertz CT molecular complexity index is 510. The molecule has 24 heavy (non-hydrogen) atoms. The van der Waals surface area contributed by atoms with Crippen LogP contribution >= 0.6 is 0 Å². The number of aliphatic hydroxyl groups excluding tert-OH is 1. The van der Waals surface area contributed by atoms with Crippen molar-refractivity contribution in [3.8, 4) is 0 Å². The van der Waals surface area contributed by atoms with Crippen LogP contribution in [0.2, 0.25) is 0 Å². The van der Waals surface area contributed by atoms with Crippen LogP contribution in [0, 0.1) is 5.41 Å². The van der Waals surface area contributed by atoms with Gasteiger partial charge in [-0.3, -0.25) is 0 Å². The molecular formula is C18H30N4O2. The van der Waals surface area contributed by atoms with Crippen LogP contribution in [0.15, 0.2) is 18.3 Å². The van der Waals surface area contributed by atoms with Crippen molar-refractivity contribution >= 4 is 11.8 Å². The quantitative estimate of drug-likeness (QED) is 0.638. The van der Waals surface area contributed by atoms with Gasteiger partial charge in [0.1, 0.15) is 5.82 Å². The SMILES string of the molecule is CC(C)(CO)CCCNC(=O)NCc1ccc(N2CCCC2)nc1. The molecule has 0 spiro atoms. The maximum absolute atomic E-state index is 11.8. The van der Waals surface area contributed by atoms with Crippen molar-refractivity contribution in [3.05, 3.63) is 23.9 Å². The lowest BCUT2D eigenvalue weighted by Crippen LogP contribution is -2.36. The summed E-state index contributed by atoms with van der Waals surface area (Å²) in [6, 6.07) is 3.88. The predicted molar refractivity (Wildman–Crippen MR) is 96.0 cm³/mol. The monoisotopic (exact) mass is 334 g/mol. The Hall–Kier alpha value is -1.82. The van der Waals surface area contributed by atoms with Gasteiger partial charge in [-0.2, -0.15) is 0 Å². The minimum Gasteiger partial charge on any atom is -0.396 e. The zero-order valence-electron chi connectivity index (χ0n) is 14.8. The van der Waals surface area contributed by atoms with Gasteiger partial charge in [0, 0.05) is 39.0 Å². The van der Waals surface area contributed by atoms with Gasteiger partial charge in [0.25, 0.3) is 0 Å². The molecule has 1 saturated heterocycles. The number of rotatable bonds is 8. The van der Waals surface area contributed by atoms with E-state index in [9.17, 15) is 9.90 Å². The lowest BCUT2D eigenvalue weighted by Gasteiger charge is -2.21. The van der Waals surface area contributed by atoms with Gasteiger partial charge in [-0.25, -0.2) is 9.78 Å². The summed E-state index contributed by atoms with van der Waals surface area (Å²) >= 11 is 0. The Morgan fingerprint density at radius 2 is 2.04 bits per heavy atom. The van der Waals surface area contributed by atoms with Crippen LogP contribution < -0.4 is 15.5 Å². The lowest BCUT2D eigenvalue weighted by atomic mass is 9.89. The smallest absolute Gasteiger partial charge is 0.315 e. The highest BCUT2D eigenvalue weighted by molar-refractivity contribution is 5.73. The number of aromatic nitrogens is 1. The molecule has 6 nitrogen and oxygen atoms in total. The van der Waals surface area contributed by atoms with Gasteiger partial charge in [0.2, 0.25) is 0 Å². The van der Waals surface area contributed by atoms with Crippen LogP contribution in [0.25, 0.3) is 0 Å². The van der Waals surface area contributed by atoms with Crippen molar-refractivity contribution in [1.82, 2.24) is 15.6 Å². The van der Waals surface area contributed by atoms with Gasteiger partial charge in [-0.05, 0) is 42.7 Å². The molecule has 1 aromatic rings. The van der Waals surface area contributed by atoms with E-state index in [2.05, 4.69) is 20.5 Å². The first-order chi connectivity index (χ1) is 11.5. The first-order valence-corrected chi connectivity index (χ1v) is 8.83. The summed E-state index contributed by atoms with van der Waals surface area (Å²) in [7, 11) is 0. The fourth-order valence-electron chi connectivity index (χ4n) is 2.75. The molecule has 2 rings (SSSR count). The summed E-state index contributed by atoms with van der Waals surface area (Å²) in [6.07, 6.45) is 6.04. The number of anilines is 1. The standard InChI is InChI=1S/C18H30N4O2/c1-18(2,14-23)8-5-9-19-17(24)21-13-15-6-7-16(20-12-15)22-10-3-4-11-22/h6-7,12,23H,3-5,8-11,13-14H2,1-2H3,(H2,19,21,24). The molecule has 1 fully saturated rings. The largest absolute Gasteiger partial charge is 0.396 e. The lowest BCUT2D eigenvalue weighted by molar-refractivity contribution is 0.148. The molecule has 2 heterocycles. The molecule has 6 heteroatoms. The predicted octanol–water partition coefficient (Wildman–Crippen LogP) is 2.28. The van der Waals surface area contributed by atoms with Crippen molar-refractivity contribution in [3.63, 3.8) is 0 Å². The molecule has 0 bridgehead atoms. The van der Waals surface area contributed by atoms with Gasteiger partial charge >= 0.3 is 6.03 Å². The van der Waals surface area contributed by atoms with Gasteiger partial charge in [0.15, 0.2) is 0 Å². The number of carbonyl (C=O) groups is 1. The average Bonchev–Trinajstić information content (AvgIpc) is 3.12. The topological polar surface area (TPSA) is 77.5 Å². The molecule has 1 aromatic heterocycles. The summed E-state index contributed by atoms with van der Waals surface area (Å²) in [6.45, 7) is 7.46. The number of hydrogen-bond donors (Lipinski definition) is 3. The van der Waals surface area contributed by atoms with Crippen LogP contribution in [0.4, 0.5) is 10.6 Å². The molecule has 0 atom stereocenters. The Labute approximate surface area is 144 Å². The second-order valence-electron chi connectivity index (χ2n) is 7.25. The Morgan fingerprint density at radius 3 is 2.67 bits per heavy atom. The fraction of sp³-hybridized carbons (Fsp3) is 0.667. The van der Waals surface area contributed by atoms with Crippen LogP contribution in [-0.4, -0.2) is 42.4 Å². The summed E-state index contributed by atoms with van der Waals surface area (Å²) in [5, 5.41) is 14.9. The molecular weight excluding hydrogens is 304 g/mol. The maximum atomic E-state index is 11.8. The van der Waals surface area contributed by atoms with E-state index < -0.39 is 0 Å². The zero-order valence-corrected chi connectivity index (χ0v) is 14.8. The fourth-order valence-corrected chi connectivity index (χ4v) is 2.75. The number of hydrogen-bond acceptors (Lipinski definition) is 4. The third kappa shape index (κ3) is 6.00. The second-order valence-corrected chi connectivity index (χ2v) is 7.25. The van der Waals surface area contributed by atoms with Gasteiger partial charge < -0.3 is 20.6 Å². The Morgan fingerprint density at radius 1 is 1.29 bits per heavy atom. The molecule has 1 aliphatic rings. The molecule has 134 valence electrons. The molecule has 0 unspecified atom stereocenters. The number of nitrogens with one attached hydrogen (secondary N) is 2. The van der Waals surface area contributed by atoms with Crippen molar-refractivity contribution in [2.24, 2.45) is 5.41 Å². The van der Waals surface area contributed by atoms with Crippen LogP contribution in [0.5, 0.6) is 0 Å². The maximum Gasteiger partial charge on any atom is 0.315 e. The summed E-state index contributed by atoms with van der Waals surface area (Å²) < 4.78 is 0. The van der Waals surface area contributed by atoms with E-state index in [4.69, 9.17) is 0 Å². The van der Waals surface area contributed by atoms with Crippen LogP contribution in [0.3, 0.4) is 0 Å². The molecule has 0 radical (unpaired) electrons. The highest BCUT2D eigenvalue weighted by Gasteiger charge is 2.15. The first kappa shape index (κ1) is 18.5. The number of amides is 2. The van der Waals surface area contributed by atoms with Crippen molar-refractivity contribution in [1.29, 1.82) is 0 Å². The van der Waals surface area contributed by atoms with Gasteiger partial charge in [-0.15, -0.1) is 0 Å². The second kappa shape index (κ2) is 8.87. The van der Waals surface area contributed by atoms with E-state index in [1.165, 1.54) is 12.8 Å². The third-order valence-electron chi connectivity index (χ3n) is 4.44. The van der Waals surface area contributed by atoms with Gasteiger partial charge in [0.05, 0.1) is 0 Å². The molecule has 0 aromatic carbocycles. The first-order valence-electron chi connectivity index (χ1n) is 8.83. The Kier molecular flexibility index (Phi) is 6.85. The van der Waals surface area contributed by atoms with Crippen LogP contribution in [0.1, 0.15) is 45.1 Å². The summed E-state index contributed by atoms with van der Waals surface area (Å²) in [5.41, 5.74) is 0.912. The zero-order chi connectivity index (χ0) is 17.4. The van der Waals surface area contributed by atoms with E-state index in [1.54, 1.807) is 0 Å². The number of carbonyl (C=O) groups excluding carboxylic acids is 1. The van der Waals surface area contributed by atoms with E-state index in [0.717, 1.165) is 37.3 Å². The summed E-state index contributed by atoms with van der Waals surface area (Å²) in [4.78, 5) is 18.6. The van der Waals surface area contributed by atoms with E-state index >= 15 is 0 Å². The average molecular weight is 334 g/mol. The number of pyridine rings is 1. The van der Waals surface area contributed by atoms with Crippen molar-refractivity contribution < 1.29 is 9.90 Å². The number of aliphatic hydroxyl groups is 1. The Balaban J connectivity index is 1.64. The van der Waals surface area contributed by atoms with Crippen molar-refractivity contribution in [2.45, 2.75) is 46.1 Å². The molecule has 2 amide bonds. The summed E-state index contributed by atoms with van der Waals surface area (Å²) in [5.74, 6) is 1.02. The highest BCUT2D eigenvalue weighted by atomic mass is 16.3.